The number of benzene rings is 2. The predicted octanol–water partition coefficient (Wildman–Crippen LogP) is 2.71. The summed E-state index contributed by atoms with van der Waals surface area (Å²) in [6.45, 7) is 2.34. The van der Waals surface area contributed by atoms with E-state index in [-0.39, 0.29) is 5.91 Å². The molecule has 0 fully saturated rings. The van der Waals surface area contributed by atoms with Crippen molar-refractivity contribution in [3.05, 3.63) is 59.2 Å². The molecule has 0 radical (unpaired) electrons. The first kappa shape index (κ1) is 14.1. The molecule has 2 rings (SSSR count). The molecule has 3 N–H and O–H groups in total. The average Bonchev–Trinajstić information content (AvgIpc) is 2.48. The fraction of sp³-hybridized carbons (Fsp3) is 0.188. The molecule has 2 aromatic carbocycles. The third-order valence-corrected chi connectivity index (χ3v) is 3.14. The van der Waals surface area contributed by atoms with Crippen molar-refractivity contribution in [2.45, 2.75) is 13.5 Å². The molecule has 2 aromatic rings. The summed E-state index contributed by atoms with van der Waals surface area (Å²) in [6, 6.07) is 13.0. The summed E-state index contributed by atoms with van der Waals surface area (Å²) in [6.07, 6.45) is 0. The number of nitrogens with two attached hydrogens (primary N) is 1. The van der Waals surface area contributed by atoms with E-state index in [1.54, 1.807) is 19.2 Å². The van der Waals surface area contributed by atoms with Crippen LogP contribution in [-0.2, 0) is 6.54 Å². The van der Waals surface area contributed by atoms with E-state index < -0.39 is 0 Å². The maximum absolute atomic E-state index is 12.3. The van der Waals surface area contributed by atoms with Gasteiger partial charge in [-0.3, -0.25) is 4.79 Å². The van der Waals surface area contributed by atoms with Crippen molar-refractivity contribution in [2.75, 3.05) is 12.4 Å². The minimum absolute atomic E-state index is 0.151. The van der Waals surface area contributed by atoms with Crippen molar-refractivity contribution >= 4 is 11.6 Å². The molecule has 0 unspecified atom stereocenters. The molecule has 0 aliphatic rings. The van der Waals surface area contributed by atoms with E-state index >= 15 is 0 Å². The normalized spacial score (nSPS) is 10.2. The number of hydrogen-bond acceptors (Lipinski definition) is 3. The minimum Gasteiger partial charge on any atom is -0.495 e. The minimum atomic E-state index is -0.151. The van der Waals surface area contributed by atoms with Crippen LogP contribution in [0.3, 0.4) is 0 Å². The fourth-order valence-corrected chi connectivity index (χ4v) is 1.98. The van der Waals surface area contributed by atoms with Crippen molar-refractivity contribution in [3.63, 3.8) is 0 Å². The van der Waals surface area contributed by atoms with Gasteiger partial charge >= 0.3 is 0 Å². The summed E-state index contributed by atoms with van der Waals surface area (Å²) >= 11 is 0. The maximum atomic E-state index is 12.3. The lowest BCUT2D eigenvalue weighted by Crippen LogP contribution is -2.14. The van der Waals surface area contributed by atoms with E-state index in [0.717, 1.165) is 11.1 Å². The van der Waals surface area contributed by atoms with Crippen LogP contribution in [-0.4, -0.2) is 13.0 Å². The highest BCUT2D eigenvalue weighted by atomic mass is 16.5. The Kier molecular flexibility index (Phi) is 4.38. The summed E-state index contributed by atoms with van der Waals surface area (Å²) in [5.41, 5.74) is 8.77. The standard InChI is InChI=1S/C16H18N2O2/c1-11-5-3-4-6-13(11)16(19)18-14-8-7-12(10-17)9-15(14)20-2/h3-9H,10,17H2,1-2H3,(H,18,19). The molecule has 0 aliphatic heterocycles. The van der Waals surface area contributed by atoms with E-state index in [1.165, 1.54) is 0 Å². The lowest BCUT2D eigenvalue weighted by atomic mass is 10.1. The van der Waals surface area contributed by atoms with Gasteiger partial charge in [-0.25, -0.2) is 0 Å². The first-order valence-corrected chi connectivity index (χ1v) is 6.39. The second kappa shape index (κ2) is 6.21. The van der Waals surface area contributed by atoms with Gasteiger partial charge in [0.1, 0.15) is 5.75 Å². The second-order valence-corrected chi connectivity index (χ2v) is 4.51. The fourth-order valence-electron chi connectivity index (χ4n) is 1.98. The van der Waals surface area contributed by atoms with Crippen molar-refractivity contribution < 1.29 is 9.53 Å². The van der Waals surface area contributed by atoms with Gasteiger partial charge in [0, 0.05) is 12.1 Å². The Morgan fingerprint density at radius 3 is 2.65 bits per heavy atom. The number of methoxy groups -OCH3 is 1. The molecule has 0 atom stereocenters. The van der Waals surface area contributed by atoms with Crippen LogP contribution in [0.4, 0.5) is 5.69 Å². The van der Waals surface area contributed by atoms with Crippen LogP contribution in [0.2, 0.25) is 0 Å². The number of anilines is 1. The Hall–Kier alpha value is -2.33. The monoisotopic (exact) mass is 270 g/mol. The summed E-state index contributed by atoms with van der Waals surface area (Å²) in [7, 11) is 1.57. The van der Waals surface area contributed by atoms with E-state index in [0.29, 0.717) is 23.5 Å². The molecular weight excluding hydrogens is 252 g/mol. The van der Waals surface area contributed by atoms with Crippen LogP contribution in [0.1, 0.15) is 21.5 Å². The molecule has 4 nitrogen and oxygen atoms in total. The highest BCUT2D eigenvalue weighted by molar-refractivity contribution is 6.06. The average molecular weight is 270 g/mol. The van der Waals surface area contributed by atoms with Gasteiger partial charge < -0.3 is 15.8 Å². The maximum Gasteiger partial charge on any atom is 0.256 e. The van der Waals surface area contributed by atoms with Gasteiger partial charge in [0.2, 0.25) is 0 Å². The lowest BCUT2D eigenvalue weighted by Gasteiger charge is -2.12. The lowest BCUT2D eigenvalue weighted by molar-refractivity contribution is 0.102. The summed E-state index contributed by atoms with van der Waals surface area (Å²) in [4.78, 5) is 12.3. The van der Waals surface area contributed by atoms with Crippen LogP contribution >= 0.6 is 0 Å². The van der Waals surface area contributed by atoms with Gasteiger partial charge in [0.25, 0.3) is 5.91 Å². The molecular formula is C16H18N2O2. The number of amides is 1. The molecule has 20 heavy (non-hydrogen) atoms. The zero-order chi connectivity index (χ0) is 14.5. The predicted molar refractivity (Wildman–Crippen MR) is 80.0 cm³/mol. The van der Waals surface area contributed by atoms with E-state index in [2.05, 4.69) is 5.32 Å². The number of rotatable bonds is 4. The second-order valence-electron chi connectivity index (χ2n) is 4.51. The number of carbonyl (C=O) groups excluding carboxylic acids is 1. The van der Waals surface area contributed by atoms with Crippen molar-refractivity contribution in [2.24, 2.45) is 5.73 Å². The Morgan fingerprint density at radius 1 is 1.25 bits per heavy atom. The first-order chi connectivity index (χ1) is 9.65. The van der Waals surface area contributed by atoms with Crippen LogP contribution in [0.15, 0.2) is 42.5 Å². The molecule has 0 spiro atoms. The summed E-state index contributed by atoms with van der Waals surface area (Å²) < 4.78 is 5.28. The van der Waals surface area contributed by atoms with Crippen molar-refractivity contribution in [1.82, 2.24) is 0 Å². The number of nitrogens with one attached hydrogen (secondary N) is 1. The third kappa shape index (κ3) is 2.97. The zero-order valence-electron chi connectivity index (χ0n) is 11.6. The number of hydrogen-bond donors (Lipinski definition) is 2. The van der Waals surface area contributed by atoms with Gasteiger partial charge in [-0.15, -0.1) is 0 Å². The summed E-state index contributed by atoms with van der Waals surface area (Å²) in [5.74, 6) is 0.455. The van der Waals surface area contributed by atoms with E-state index in [9.17, 15) is 4.79 Å². The highest BCUT2D eigenvalue weighted by Crippen LogP contribution is 2.26. The smallest absolute Gasteiger partial charge is 0.256 e. The van der Waals surface area contributed by atoms with Crippen LogP contribution < -0.4 is 15.8 Å². The molecule has 1 amide bonds. The van der Waals surface area contributed by atoms with Gasteiger partial charge in [-0.2, -0.15) is 0 Å². The van der Waals surface area contributed by atoms with Gasteiger partial charge in [0.15, 0.2) is 0 Å². The molecule has 104 valence electrons. The quantitative estimate of drug-likeness (QED) is 0.897. The number of ether oxygens (including phenoxy) is 1. The van der Waals surface area contributed by atoms with Crippen LogP contribution in [0, 0.1) is 6.92 Å². The van der Waals surface area contributed by atoms with Gasteiger partial charge in [-0.05, 0) is 36.2 Å². The van der Waals surface area contributed by atoms with Crippen molar-refractivity contribution in [1.29, 1.82) is 0 Å². The largest absolute Gasteiger partial charge is 0.495 e. The Bertz CT molecular complexity index is 624. The number of carbonyl (C=O) groups is 1. The van der Waals surface area contributed by atoms with Crippen molar-refractivity contribution in [3.8, 4) is 5.75 Å². The Labute approximate surface area is 118 Å². The highest BCUT2D eigenvalue weighted by Gasteiger charge is 2.11. The molecule has 0 saturated carbocycles. The molecule has 0 saturated heterocycles. The van der Waals surface area contributed by atoms with Crippen LogP contribution in [0.5, 0.6) is 5.75 Å². The molecule has 0 bridgehead atoms. The van der Waals surface area contributed by atoms with E-state index in [1.807, 2.05) is 37.3 Å². The Balaban J connectivity index is 2.26. The van der Waals surface area contributed by atoms with Gasteiger partial charge in [0.05, 0.1) is 12.8 Å². The van der Waals surface area contributed by atoms with Gasteiger partial charge in [-0.1, -0.05) is 24.3 Å². The topological polar surface area (TPSA) is 64.3 Å². The van der Waals surface area contributed by atoms with Crippen LogP contribution in [0.25, 0.3) is 0 Å². The SMILES string of the molecule is COc1cc(CN)ccc1NC(=O)c1ccccc1C. The van der Waals surface area contributed by atoms with E-state index in [4.69, 9.17) is 10.5 Å². The Morgan fingerprint density at radius 2 is 2.00 bits per heavy atom. The molecule has 0 aromatic heterocycles. The first-order valence-electron chi connectivity index (χ1n) is 6.39. The zero-order valence-corrected chi connectivity index (χ0v) is 11.6. The summed E-state index contributed by atoms with van der Waals surface area (Å²) in [5, 5.41) is 2.87. The number of aryl methyl sites for hydroxylation is 1. The molecule has 0 heterocycles. The third-order valence-electron chi connectivity index (χ3n) is 3.14. The molecule has 0 aliphatic carbocycles. The molecule has 4 heteroatoms.